The Kier molecular flexibility index (Phi) is 5.04. The molecule has 1 saturated heterocycles. The third-order valence-corrected chi connectivity index (χ3v) is 6.16. The van der Waals surface area contributed by atoms with E-state index < -0.39 is 0 Å². The molecule has 30 heavy (non-hydrogen) atoms. The standard InChI is InChI=1S/C23H25N5O2/c29-21-8-4-7-20-18(21)13-24-22-19(14-25-28(20)22)23(30)26-17-9-11-27(12-10-17)15-16-5-2-1-3-6-16/h1-3,5-6,13-14,17H,4,7-12,15H2,(H,26,30). The summed E-state index contributed by atoms with van der Waals surface area (Å²) in [4.78, 5) is 31.8. The molecule has 7 heteroatoms. The maximum Gasteiger partial charge on any atom is 0.256 e. The lowest BCUT2D eigenvalue weighted by atomic mass is 9.96. The van der Waals surface area contributed by atoms with Crippen molar-refractivity contribution < 1.29 is 9.59 Å². The number of ketones is 1. The van der Waals surface area contributed by atoms with Gasteiger partial charge >= 0.3 is 0 Å². The Morgan fingerprint density at radius 3 is 2.70 bits per heavy atom. The highest BCUT2D eigenvalue weighted by atomic mass is 16.1. The van der Waals surface area contributed by atoms with Gasteiger partial charge in [0.15, 0.2) is 11.4 Å². The van der Waals surface area contributed by atoms with E-state index in [1.54, 1.807) is 16.9 Å². The van der Waals surface area contributed by atoms with E-state index in [2.05, 4.69) is 44.6 Å². The summed E-state index contributed by atoms with van der Waals surface area (Å²) >= 11 is 0. The molecular weight excluding hydrogens is 378 g/mol. The van der Waals surface area contributed by atoms with E-state index in [1.807, 2.05) is 6.07 Å². The minimum absolute atomic E-state index is 0.106. The van der Waals surface area contributed by atoms with Crippen molar-refractivity contribution in [2.75, 3.05) is 13.1 Å². The van der Waals surface area contributed by atoms with Crippen LogP contribution in [0.25, 0.3) is 5.65 Å². The normalized spacial score (nSPS) is 17.8. The zero-order valence-electron chi connectivity index (χ0n) is 16.9. The number of benzene rings is 1. The van der Waals surface area contributed by atoms with Gasteiger partial charge in [0.1, 0.15) is 5.56 Å². The zero-order chi connectivity index (χ0) is 20.5. The second-order valence-electron chi connectivity index (χ2n) is 8.20. The van der Waals surface area contributed by atoms with Gasteiger partial charge in [0.25, 0.3) is 5.91 Å². The molecule has 1 fully saturated rings. The first-order valence-corrected chi connectivity index (χ1v) is 10.6. The van der Waals surface area contributed by atoms with E-state index in [-0.39, 0.29) is 17.7 Å². The van der Waals surface area contributed by atoms with Crippen LogP contribution in [0.5, 0.6) is 0 Å². The Morgan fingerprint density at radius 2 is 1.90 bits per heavy atom. The van der Waals surface area contributed by atoms with Crippen LogP contribution in [0.1, 0.15) is 57.7 Å². The molecule has 1 N–H and O–H groups in total. The largest absolute Gasteiger partial charge is 0.349 e. The van der Waals surface area contributed by atoms with E-state index in [9.17, 15) is 9.59 Å². The average molecular weight is 403 g/mol. The fourth-order valence-electron chi connectivity index (χ4n) is 4.50. The lowest BCUT2D eigenvalue weighted by molar-refractivity contribution is 0.0909. The number of hydrogen-bond donors (Lipinski definition) is 1. The number of nitrogens with zero attached hydrogens (tertiary/aromatic N) is 4. The van der Waals surface area contributed by atoms with Crippen LogP contribution in [0, 0.1) is 0 Å². The van der Waals surface area contributed by atoms with Crippen molar-refractivity contribution in [3.05, 3.63) is 65.1 Å². The number of aryl methyl sites for hydroxylation is 1. The maximum absolute atomic E-state index is 12.9. The van der Waals surface area contributed by atoms with Crippen LogP contribution in [-0.2, 0) is 13.0 Å². The number of hydrogen-bond acceptors (Lipinski definition) is 5. The van der Waals surface area contributed by atoms with Crippen LogP contribution in [0.15, 0.2) is 42.7 Å². The number of fused-ring (bicyclic) bond motifs is 3. The van der Waals surface area contributed by atoms with Gasteiger partial charge in [-0.05, 0) is 31.2 Å². The predicted molar refractivity (Wildman–Crippen MR) is 112 cm³/mol. The van der Waals surface area contributed by atoms with E-state index in [1.165, 1.54) is 5.56 Å². The van der Waals surface area contributed by atoms with Gasteiger partial charge in [0.05, 0.1) is 17.5 Å². The third-order valence-electron chi connectivity index (χ3n) is 6.16. The van der Waals surface area contributed by atoms with E-state index in [4.69, 9.17) is 0 Å². The number of piperidine rings is 1. The molecule has 1 aliphatic heterocycles. The van der Waals surface area contributed by atoms with Crippen LogP contribution in [0.4, 0.5) is 0 Å². The van der Waals surface area contributed by atoms with Crippen LogP contribution in [0.2, 0.25) is 0 Å². The number of nitrogens with one attached hydrogen (secondary N) is 1. The maximum atomic E-state index is 12.9. The highest BCUT2D eigenvalue weighted by Gasteiger charge is 2.26. The topological polar surface area (TPSA) is 79.6 Å². The predicted octanol–water partition coefficient (Wildman–Crippen LogP) is 2.64. The van der Waals surface area contributed by atoms with E-state index in [0.717, 1.165) is 51.0 Å². The molecule has 0 atom stereocenters. The molecule has 5 rings (SSSR count). The number of amides is 1. The molecule has 0 saturated carbocycles. The number of likely N-dealkylation sites (tertiary alicyclic amines) is 1. The Bertz CT molecular complexity index is 1080. The SMILES string of the molecule is O=C1CCCc2c1cnc1c(C(=O)NC3CCN(Cc4ccccc4)CC3)cnn21. The van der Waals surface area contributed by atoms with Gasteiger partial charge in [-0.3, -0.25) is 14.5 Å². The summed E-state index contributed by atoms with van der Waals surface area (Å²) in [5.74, 6) is -0.0319. The quantitative estimate of drug-likeness (QED) is 0.724. The summed E-state index contributed by atoms with van der Waals surface area (Å²) in [6, 6.07) is 10.6. The molecule has 0 unspecified atom stereocenters. The van der Waals surface area contributed by atoms with Gasteiger partial charge in [0.2, 0.25) is 0 Å². The Balaban J connectivity index is 1.24. The minimum Gasteiger partial charge on any atom is -0.349 e. The molecule has 3 aromatic rings. The summed E-state index contributed by atoms with van der Waals surface area (Å²) in [5.41, 5.74) is 3.82. The van der Waals surface area contributed by atoms with Crippen LogP contribution in [0.3, 0.4) is 0 Å². The van der Waals surface area contributed by atoms with Crippen molar-refractivity contribution in [3.8, 4) is 0 Å². The first-order valence-electron chi connectivity index (χ1n) is 10.6. The number of Topliss-reactive ketones (excluding diaryl/α,β-unsaturated/α-hetero) is 1. The molecule has 7 nitrogen and oxygen atoms in total. The molecule has 1 aliphatic carbocycles. The number of carbonyl (C=O) groups is 2. The van der Waals surface area contributed by atoms with Crippen molar-refractivity contribution in [1.82, 2.24) is 24.8 Å². The Labute approximate surface area is 175 Å². The monoisotopic (exact) mass is 403 g/mol. The van der Waals surface area contributed by atoms with Crippen LogP contribution < -0.4 is 5.32 Å². The molecule has 1 aromatic carbocycles. The van der Waals surface area contributed by atoms with Gasteiger partial charge in [-0.25, -0.2) is 9.50 Å². The molecule has 0 spiro atoms. The fraction of sp³-hybridized carbons (Fsp3) is 0.391. The molecule has 0 bridgehead atoms. The summed E-state index contributed by atoms with van der Waals surface area (Å²) in [6.45, 7) is 2.87. The molecule has 0 radical (unpaired) electrons. The molecule has 2 aliphatic rings. The average Bonchev–Trinajstić information content (AvgIpc) is 3.21. The highest BCUT2D eigenvalue weighted by molar-refractivity contribution is 6.01. The number of rotatable bonds is 4. The van der Waals surface area contributed by atoms with Gasteiger partial charge in [0, 0.05) is 38.3 Å². The van der Waals surface area contributed by atoms with Crippen molar-refractivity contribution in [2.45, 2.75) is 44.7 Å². The number of carbonyl (C=O) groups excluding carboxylic acids is 2. The summed E-state index contributed by atoms with van der Waals surface area (Å²) in [7, 11) is 0. The lowest BCUT2D eigenvalue weighted by Crippen LogP contribution is -2.44. The summed E-state index contributed by atoms with van der Waals surface area (Å²) in [6.07, 6.45) is 7.17. The first kappa shape index (κ1) is 18.9. The van der Waals surface area contributed by atoms with Gasteiger partial charge in [-0.2, -0.15) is 5.10 Å². The minimum atomic E-state index is -0.138. The molecule has 3 heterocycles. The lowest BCUT2D eigenvalue weighted by Gasteiger charge is -2.32. The Hall–Kier alpha value is -3.06. The van der Waals surface area contributed by atoms with Crippen molar-refractivity contribution in [1.29, 1.82) is 0 Å². The summed E-state index contributed by atoms with van der Waals surface area (Å²) in [5, 5.41) is 7.53. The fourth-order valence-corrected chi connectivity index (χ4v) is 4.50. The molecule has 1 amide bonds. The third kappa shape index (κ3) is 3.61. The number of aromatic nitrogens is 3. The second-order valence-corrected chi connectivity index (χ2v) is 8.20. The van der Waals surface area contributed by atoms with Crippen molar-refractivity contribution in [2.24, 2.45) is 0 Å². The van der Waals surface area contributed by atoms with E-state index in [0.29, 0.717) is 23.2 Å². The summed E-state index contributed by atoms with van der Waals surface area (Å²) < 4.78 is 1.67. The van der Waals surface area contributed by atoms with Crippen LogP contribution >= 0.6 is 0 Å². The molecular formula is C23H25N5O2. The smallest absolute Gasteiger partial charge is 0.256 e. The van der Waals surface area contributed by atoms with Crippen molar-refractivity contribution in [3.63, 3.8) is 0 Å². The van der Waals surface area contributed by atoms with Gasteiger partial charge in [-0.15, -0.1) is 0 Å². The van der Waals surface area contributed by atoms with E-state index >= 15 is 0 Å². The Morgan fingerprint density at radius 1 is 1.10 bits per heavy atom. The van der Waals surface area contributed by atoms with Gasteiger partial charge < -0.3 is 5.32 Å². The van der Waals surface area contributed by atoms with Crippen molar-refractivity contribution >= 4 is 17.3 Å². The van der Waals surface area contributed by atoms with Crippen LogP contribution in [-0.4, -0.2) is 50.3 Å². The van der Waals surface area contributed by atoms with Gasteiger partial charge in [-0.1, -0.05) is 30.3 Å². The zero-order valence-corrected chi connectivity index (χ0v) is 16.9. The first-order chi connectivity index (χ1) is 14.7. The molecule has 2 aromatic heterocycles. The molecule has 154 valence electrons. The second kappa shape index (κ2) is 7.99. The highest BCUT2D eigenvalue weighted by Crippen LogP contribution is 2.23.